The van der Waals surface area contributed by atoms with Crippen molar-refractivity contribution in [3.05, 3.63) is 11.6 Å². The smallest absolute Gasteiger partial charge is 0.147 e. The molecule has 0 N–H and O–H groups in total. The van der Waals surface area contributed by atoms with E-state index in [9.17, 15) is 0 Å². The van der Waals surface area contributed by atoms with Crippen LogP contribution < -0.4 is 0 Å². The minimum Gasteiger partial charge on any atom is -0.377 e. The van der Waals surface area contributed by atoms with Crippen molar-refractivity contribution in [3.63, 3.8) is 0 Å². The summed E-state index contributed by atoms with van der Waals surface area (Å²) in [5.74, 6) is 2.86. The van der Waals surface area contributed by atoms with Gasteiger partial charge < -0.3 is 9.30 Å². The van der Waals surface area contributed by atoms with Gasteiger partial charge in [-0.05, 0) is 25.7 Å². The van der Waals surface area contributed by atoms with Crippen LogP contribution in [-0.2, 0) is 17.8 Å². The highest BCUT2D eigenvalue weighted by Crippen LogP contribution is 2.26. The van der Waals surface area contributed by atoms with Crippen LogP contribution in [0.2, 0.25) is 0 Å². The van der Waals surface area contributed by atoms with E-state index in [1.165, 1.54) is 25.7 Å². The third-order valence-corrected chi connectivity index (χ3v) is 4.79. The Morgan fingerprint density at radius 3 is 2.90 bits per heavy atom. The fourth-order valence-electron chi connectivity index (χ4n) is 3.41. The Morgan fingerprint density at radius 1 is 1.20 bits per heavy atom. The summed E-state index contributed by atoms with van der Waals surface area (Å²) in [5, 5.41) is 8.40. The van der Waals surface area contributed by atoms with Crippen LogP contribution >= 0.6 is 0 Å². The first-order valence-corrected chi connectivity index (χ1v) is 7.96. The molecule has 112 valence electrons. The molecule has 0 unspecified atom stereocenters. The minimum absolute atomic E-state index is 0.486. The van der Waals surface area contributed by atoms with Crippen molar-refractivity contribution in [2.45, 2.75) is 58.7 Å². The van der Waals surface area contributed by atoms with Crippen molar-refractivity contribution in [2.24, 2.45) is 5.92 Å². The molecular formula is C15H26N4O. The molecule has 0 saturated heterocycles. The second-order valence-electron chi connectivity index (χ2n) is 6.26. The largest absolute Gasteiger partial charge is 0.377 e. The molecule has 1 aliphatic carbocycles. The van der Waals surface area contributed by atoms with Crippen molar-refractivity contribution in [1.82, 2.24) is 19.7 Å². The number of rotatable bonds is 4. The molecule has 1 aliphatic heterocycles. The van der Waals surface area contributed by atoms with Crippen LogP contribution in [0.1, 0.15) is 44.3 Å². The summed E-state index contributed by atoms with van der Waals surface area (Å²) in [4.78, 5) is 2.43. The van der Waals surface area contributed by atoms with E-state index in [4.69, 9.17) is 4.74 Å². The Hall–Kier alpha value is -0.940. The highest BCUT2D eigenvalue weighted by atomic mass is 16.5. The van der Waals surface area contributed by atoms with Crippen LogP contribution in [0.5, 0.6) is 0 Å². The van der Waals surface area contributed by atoms with E-state index in [2.05, 4.69) is 26.6 Å². The predicted molar refractivity (Wildman–Crippen MR) is 77.4 cm³/mol. The van der Waals surface area contributed by atoms with Crippen LogP contribution in [0.15, 0.2) is 0 Å². The molecule has 0 amide bonds. The first kappa shape index (κ1) is 14.0. The normalized spacial score (nSPS) is 27.5. The van der Waals surface area contributed by atoms with Crippen molar-refractivity contribution in [1.29, 1.82) is 0 Å². The summed E-state index contributed by atoms with van der Waals surface area (Å²) in [6.07, 6.45) is 5.77. The molecule has 1 fully saturated rings. The Balaban J connectivity index is 1.43. The third-order valence-electron chi connectivity index (χ3n) is 4.79. The first-order chi connectivity index (χ1) is 9.74. The lowest BCUT2D eigenvalue weighted by Crippen LogP contribution is -2.37. The van der Waals surface area contributed by atoms with Gasteiger partial charge in [-0.1, -0.05) is 19.8 Å². The molecule has 1 aromatic rings. The summed E-state index contributed by atoms with van der Waals surface area (Å²) in [6.45, 7) is 9.21. The SMILES string of the molecule is Cc1nnc2n1CCN(CCO[C@H]1CCCC[C@H]1C)C2. The minimum atomic E-state index is 0.486. The molecule has 5 heteroatoms. The quantitative estimate of drug-likeness (QED) is 0.845. The van der Waals surface area contributed by atoms with E-state index in [1.807, 2.05) is 6.92 Å². The standard InChI is InChI=1S/C15H26N4O/c1-12-5-3-4-6-14(12)20-10-9-18-7-8-19-13(2)16-17-15(19)11-18/h12,14H,3-11H2,1-2H3/t12-,14+/m1/s1. The molecule has 1 saturated carbocycles. The van der Waals surface area contributed by atoms with Crippen LogP contribution in [0.4, 0.5) is 0 Å². The fourth-order valence-corrected chi connectivity index (χ4v) is 3.41. The second-order valence-corrected chi connectivity index (χ2v) is 6.26. The Bertz CT molecular complexity index is 445. The number of hydrogen-bond donors (Lipinski definition) is 0. The molecule has 2 atom stereocenters. The van der Waals surface area contributed by atoms with Gasteiger partial charge in [0.1, 0.15) is 11.6 Å². The number of nitrogens with zero attached hydrogens (tertiary/aromatic N) is 4. The molecule has 0 bridgehead atoms. The zero-order valence-electron chi connectivity index (χ0n) is 12.7. The van der Waals surface area contributed by atoms with E-state index in [-0.39, 0.29) is 0 Å². The maximum absolute atomic E-state index is 6.11. The molecule has 3 rings (SSSR count). The molecule has 1 aromatic heterocycles. The summed E-state index contributed by atoms with van der Waals surface area (Å²) in [5.41, 5.74) is 0. The average Bonchev–Trinajstić information content (AvgIpc) is 2.82. The van der Waals surface area contributed by atoms with Crippen LogP contribution in [-0.4, -0.2) is 45.5 Å². The van der Waals surface area contributed by atoms with Gasteiger partial charge in [0.05, 0.1) is 19.3 Å². The van der Waals surface area contributed by atoms with Gasteiger partial charge in [0.25, 0.3) is 0 Å². The van der Waals surface area contributed by atoms with Gasteiger partial charge in [0.15, 0.2) is 0 Å². The summed E-state index contributed by atoms with van der Waals surface area (Å²) >= 11 is 0. The Labute approximate surface area is 121 Å². The number of aromatic nitrogens is 3. The molecule has 0 aromatic carbocycles. The zero-order chi connectivity index (χ0) is 13.9. The van der Waals surface area contributed by atoms with E-state index in [0.29, 0.717) is 6.10 Å². The number of hydrogen-bond acceptors (Lipinski definition) is 4. The lowest BCUT2D eigenvalue weighted by molar-refractivity contribution is -0.0161. The van der Waals surface area contributed by atoms with Gasteiger partial charge >= 0.3 is 0 Å². The van der Waals surface area contributed by atoms with Crippen molar-refractivity contribution in [2.75, 3.05) is 19.7 Å². The summed E-state index contributed by atoms with van der Waals surface area (Å²) in [6, 6.07) is 0. The van der Waals surface area contributed by atoms with Crippen molar-refractivity contribution < 1.29 is 4.74 Å². The monoisotopic (exact) mass is 278 g/mol. The van der Waals surface area contributed by atoms with E-state index in [0.717, 1.165) is 50.4 Å². The molecule has 20 heavy (non-hydrogen) atoms. The molecule has 0 spiro atoms. The Kier molecular flexibility index (Phi) is 4.36. The van der Waals surface area contributed by atoms with E-state index in [1.54, 1.807) is 0 Å². The summed E-state index contributed by atoms with van der Waals surface area (Å²) in [7, 11) is 0. The Morgan fingerprint density at radius 2 is 2.05 bits per heavy atom. The molecule has 0 radical (unpaired) electrons. The lowest BCUT2D eigenvalue weighted by Gasteiger charge is -2.31. The van der Waals surface area contributed by atoms with E-state index >= 15 is 0 Å². The predicted octanol–water partition coefficient (Wildman–Crippen LogP) is 2.00. The van der Waals surface area contributed by atoms with Crippen molar-refractivity contribution in [3.8, 4) is 0 Å². The average molecular weight is 278 g/mol. The number of aryl methyl sites for hydroxylation is 1. The fraction of sp³-hybridized carbons (Fsp3) is 0.867. The van der Waals surface area contributed by atoms with Gasteiger partial charge in [0, 0.05) is 19.6 Å². The van der Waals surface area contributed by atoms with Crippen LogP contribution in [0.25, 0.3) is 0 Å². The van der Waals surface area contributed by atoms with Crippen LogP contribution in [0, 0.1) is 12.8 Å². The number of ether oxygens (including phenoxy) is 1. The number of fused-ring (bicyclic) bond motifs is 1. The topological polar surface area (TPSA) is 43.2 Å². The molecular weight excluding hydrogens is 252 g/mol. The van der Waals surface area contributed by atoms with E-state index < -0.39 is 0 Å². The van der Waals surface area contributed by atoms with Crippen LogP contribution in [0.3, 0.4) is 0 Å². The summed E-state index contributed by atoms with van der Waals surface area (Å²) < 4.78 is 8.33. The third kappa shape index (κ3) is 3.04. The van der Waals surface area contributed by atoms with Gasteiger partial charge in [-0.25, -0.2) is 0 Å². The van der Waals surface area contributed by atoms with Gasteiger partial charge in [0.2, 0.25) is 0 Å². The first-order valence-electron chi connectivity index (χ1n) is 7.96. The van der Waals surface area contributed by atoms with Gasteiger partial charge in [-0.2, -0.15) is 0 Å². The maximum Gasteiger partial charge on any atom is 0.147 e. The van der Waals surface area contributed by atoms with Crippen molar-refractivity contribution >= 4 is 0 Å². The highest BCUT2D eigenvalue weighted by molar-refractivity contribution is 4.96. The maximum atomic E-state index is 6.11. The zero-order valence-corrected chi connectivity index (χ0v) is 12.7. The lowest BCUT2D eigenvalue weighted by atomic mass is 9.88. The molecule has 2 aliphatic rings. The molecule has 5 nitrogen and oxygen atoms in total. The highest BCUT2D eigenvalue weighted by Gasteiger charge is 2.23. The second kappa shape index (κ2) is 6.22. The molecule has 2 heterocycles. The van der Waals surface area contributed by atoms with Gasteiger partial charge in [-0.15, -0.1) is 10.2 Å². The van der Waals surface area contributed by atoms with Gasteiger partial charge in [-0.3, -0.25) is 4.90 Å².